The van der Waals surface area contributed by atoms with Crippen LogP contribution in [0.2, 0.25) is 0 Å². The van der Waals surface area contributed by atoms with E-state index < -0.39 is 42.6 Å². The molecule has 250 valence electrons. The van der Waals surface area contributed by atoms with Crippen molar-refractivity contribution in [3.05, 3.63) is 84.4 Å². The Hall–Kier alpha value is -4.67. The molecule has 0 radical (unpaired) electrons. The first-order valence-corrected chi connectivity index (χ1v) is 15.3. The highest BCUT2D eigenvalue weighted by atomic mass is 16.6. The smallest absolute Gasteiger partial charge is 0.409 e. The first-order chi connectivity index (χ1) is 22.7. The van der Waals surface area contributed by atoms with Gasteiger partial charge < -0.3 is 40.8 Å². The summed E-state index contributed by atoms with van der Waals surface area (Å²) in [4.78, 5) is 41.1. The van der Waals surface area contributed by atoms with E-state index in [-0.39, 0.29) is 38.5 Å². The van der Waals surface area contributed by atoms with Crippen LogP contribution in [0.4, 0.5) is 10.6 Å². The fraction of sp³-hybridized carbons (Fsp3) is 0.406. The molecule has 6 N–H and O–H groups in total. The Morgan fingerprint density at radius 2 is 1.60 bits per heavy atom. The molecule has 47 heavy (non-hydrogen) atoms. The molecule has 0 unspecified atom stereocenters. The van der Waals surface area contributed by atoms with Crippen LogP contribution < -0.4 is 11.5 Å². The summed E-state index contributed by atoms with van der Waals surface area (Å²) in [5.41, 5.74) is 14.5. The monoisotopic (exact) mass is 648 g/mol. The number of anilines is 1. The van der Waals surface area contributed by atoms with Gasteiger partial charge in [0.15, 0.2) is 17.7 Å². The average Bonchev–Trinajstić information content (AvgIpc) is 3.65. The van der Waals surface area contributed by atoms with E-state index in [0.717, 1.165) is 11.1 Å². The number of aromatic nitrogens is 4. The maximum atomic E-state index is 12.7. The second kappa shape index (κ2) is 15.8. The lowest BCUT2D eigenvalue weighted by Gasteiger charge is -2.29. The highest BCUT2D eigenvalue weighted by molar-refractivity contribution is 5.81. The largest absolute Gasteiger partial charge is 0.460 e. The SMILES string of the molecule is CN(CCN(CC[C@H](N)C(=O)OCc1ccccc1)C[C@H]1O[C@@H](n2cnc3c(N)ncnc32)[C@H](O)[C@@H]1O)C(=O)OCc1ccccc1. The molecule has 0 spiro atoms. The van der Waals surface area contributed by atoms with E-state index >= 15 is 0 Å². The van der Waals surface area contributed by atoms with Crippen molar-refractivity contribution >= 4 is 29.0 Å². The van der Waals surface area contributed by atoms with Crippen LogP contribution in [0, 0.1) is 0 Å². The number of carbonyl (C=O) groups excluding carboxylic acids is 2. The summed E-state index contributed by atoms with van der Waals surface area (Å²) in [5, 5.41) is 22.0. The van der Waals surface area contributed by atoms with Crippen molar-refractivity contribution in [1.82, 2.24) is 29.3 Å². The Morgan fingerprint density at radius 3 is 2.28 bits per heavy atom. The van der Waals surface area contributed by atoms with Gasteiger partial charge in [-0.3, -0.25) is 14.3 Å². The maximum Gasteiger partial charge on any atom is 0.409 e. The van der Waals surface area contributed by atoms with Gasteiger partial charge in [-0.05, 0) is 17.5 Å². The molecule has 1 amide bonds. The number of rotatable bonds is 14. The highest BCUT2D eigenvalue weighted by Crippen LogP contribution is 2.32. The fourth-order valence-corrected chi connectivity index (χ4v) is 5.20. The molecule has 0 bridgehead atoms. The second-order valence-corrected chi connectivity index (χ2v) is 11.4. The standard InChI is InChI=1S/C32H40N8O7/c1-38(32(44)46-18-22-10-6-3-7-11-22)14-15-39(13-12-23(33)31(43)45-17-21-8-4-2-5-9-21)16-24-26(41)27(42)30(47-24)40-20-37-25-28(34)35-19-36-29(25)40/h2-11,19-20,23-24,26-27,30,41-42H,12-18,33H2,1H3,(H2,34,35,36)/t23-,24+,26+,27+,30+/m0/s1. The molecule has 4 aromatic rings. The van der Waals surface area contributed by atoms with Gasteiger partial charge >= 0.3 is 12.1 Å². The number of nitrogens with two attached hydrogens (primary N) is 2. The topological polar surface area (TPSA) is 204 Å². The molecule has 1 saturated heterocycles. The lowest BCUT2D eigenvalue weighted by molar-refractivity contribution is -0.146. The molecule has 5 atom stereocenters. The van der Waals surface area contributed by atoms with Crippen molar-refractivity contribution in [3.8, 4) is 0 Å². The molecule has 2 aromatic heterocycles. The molecule has 15 nitrogen and oxygen atoms in total. The molecule has 0 aliphatic carbocycles. The number of likely N-dealkylation sites (N-methyl/N-ethyl adjacent to an activating group) is 1. The zero-order chi connectivity index (χ0) is 33.3. The quantitative estimate of drug-likeness (QED) is 0.141. The van der Waals surface area contributed by atoms with Gasteiger partial charge in [0.05, 0.1) is 6.33 Å². The summed E-state index contributed by atoms with van der Waals surface area (Å²) in [5.74, 6) is -0.370. The minimum Gasteiger partial charge on any atom is -0.460 e. The van der Waals surface area contributed by atoms with Gasteiger partial charge in [-0.2, -0.15) is 0 Å². The Kier molecular flexibility index (Phi) is 11.3. The van der Waals surface area contributed by atoms with Crippen molar-refractivity contribution < 1.29 is 34.0 Å². The van der Waals surface area contributed by atoms with E-state index in [9.17, 15) is 19.8 Å². The summed E-state index contributed by atoms with van der Waals surface area (Å²) in [6, 6.07) is 17.7. The number of carbonyl (C=O) groups is 2. The van der Waals surface area contributed by atoms with E-state index in [4.69, 9.17) is 25.7 Å². The van der Waals surface area contributed by atoms with E-state index in [1.54, 1.807) is 7.05 Å². The number of nitrogens with zero attached hydrogens (tertiary/aromatic N) is 6. The normalized spacial score (nSPS) is 19.9. The van der Waals surface area contributed by atoms with Crippen molar-refractivity contribution in [2.24, 2.45) is 5.73 Å². The first kappa shape index (κ1) is 33.7. The van der Waals surface area contributed by atoms with Crippen LogP contribution in [0.1, 0.15) is 23.8 Å². The van der Waals surface area contributed by atoms with Crippen LogP contribution in [0.3, 0.4) is 0 Å². The zero-order valence-electron chi connectivity index (χ0n) is 26.0. The number of imidazole rings is 1. The van der Waals surface area contributed by atoms with Crippen molar-refractivity contribution in [3.63, 3.8) is 0 Å². The fourth-order valence-electron chi connectivity index (χ4n) is 5.20. The number of fused-ring (bicyclic) bond motifs is 1. The molecule has 1 aliphatic heterocycles. The average molecular weight is 649 g/mol. The van der Waals surface area contributed by atoms with E-state index in [0.29, 0.717) is 24.3 Å². The molecule has 1 aliphatic rings. The van der Waals surface area contributed by atoms with E-state index in [2.05, 4.69) is 15.0 Å². The number of aliphatic hydroxyl groups excluding tert-OH is 2. The molecular formula is C32H40N8O7. The first-order valence-electron chi connectivity index (χ1n) is 15.3. The summed E-state index contributed by atoms with van der Waals surface area (Å²) >= 11 is 0. The number of esters is 1. The highest BCUT2D eigenvalue weighted by Gasteiger charge is 2.45. The van der Waals surface area contributed by atoms with Crippen molar-refractivity contribution in [2.45, 2.75) is 50.2 Å². The van der Waals surface area contributed by atoms with Crippen LogP contribution in [-0.4, -0.2) is 109 Å². The second-order valence-electron chi connectivity index (χ2n) is 11.4. The minimum atomic E-state index is -1.30. The molecule has 0 saturated carbocycles. The molecule has 5 rings (SSSR count). The van der Waals surface area contributed by atoms with Gasteiger partial charge in [0.2, 0.25) is 0 Å². The van der Waals surface area contributed by atoms with Crippen LogP contribution in [0.15, 0.2) is 73.3 Å². The van der Waals surface area contributed by atoms with Gasteiger partial charge in [0, 0.05) is 33.2 Å². The van der Waals surface area contributed by atoms with Gasteiger partial charge in [0.1, 0.15) is 49.4 Å². The summed E-state index contributed by atoms with van der Waals surface area (Å²) in [6.45, 7) is 1.28. The van der Waals surface area contributed by atoms with E-state index in [1.165, 1.54) is 22.1 Å². The number of aliphatic hydroxyl groups is 2. The number of benzene rings is 2. The van der Waals surface area contributed by atoms with Crippen LogP contribution in [0.25, 0.3) is 11.2 Å². The third-order valence-corrected chi connectivity index (χ3v) is 7.99. The zero-order valence-corrected chi connectivity index (χ0v) is 26.0. The maximum absolute atomic E-state index is 12.7. The number of hydrogen-bond acceptors (Lipinski definition) is 13. The molecule has 15 heteroatoms. The Bertz CT molecular complexity index is 1540. The molecular weight excluding hydrogens is 608 g/mol. The summed E-state index contributed by atoms with van der Waals surface area (Å²) in [6.07, 6.45) is -1.98. The number of ether oxygens (including phenoxy) is 3. The third-order valence-electron chi connectivity index (χ3n) is 7.99. The predicted molar refractivity (Wildman–Crippen MR) is 170 cm³/mol. The molecule has 3 heterocycles. The van der Waals surface area contributed by atoms with Crippen molar-refractivity contribution in [2.75, 3.05) is 39.0 Å². The van der Waals surface area contributed by atoms with Crippen LogP contribution in [-0.2, 0) is 32.2 Å². The Morgan fingerprint density at radius 1 is 0.936 bits per heavy atom. The van der Waals surface area contributed by atoms with Gasteiger partial charge in [-0.15, -0.1) is 0 Å². The number of nitrogen functional groups attached to an aromatic ring is 1. The van der Waals surface area contributed by atoms with Gasteiger partial charge in [-0.25, -0.2) is 19.7 Å². The van der Waals surface area contributed by atoms with Gasteiger partial charge in [-0.1, -0.05) is 60.7 Å². The van der Waals surface area contributed by atoms with Gasteiger partial charge in [0.25, 0.3) is 0 Å². The van der Waals surface area contributed by atoms with Crippen LogP contribution in [0.5, 0.6) is 0 Å². The number of hydrogen-bond donors (Lipinski definition) is 4. The lowest BCUT2D eigenvalue weighted by Crippen LogP contribution is -2.45. The molecule has 1 fully saturated rings. The molecule has 2 aromatic carbocycles. The third kappa shape index (κ3) is 8.58. The predicted octanol–water partition coefficient (Wildman–Crippen LogP) is 1.06. The lowest BCUT2D eigenvalue weighted by atomic mass is 10.1. The Balaban J connectivity index is 1.22. The van der Waals surface area contributed by atoms with E-state index in [1.807, 2.05) is 65.6 Å². The summed E-state index contributed by atoms with van der Waals surface area (Å²) in [7, 11) is 1.62. The number of amides is 1. The van der Waals surface area contributed by atoms with Crippen molar-refractivity contribution in [1.29, 1.82) is 0 Å². The Labute approximate surface area is 271 Å². The minimum absolute atomic E-state index is 0.105. The summed E-state index contributed by atoms with van der Waals surface area (Å²) < 4.78 is 18.5. The van der Waals surface area contributed by atoms with Crippen LogP contribution >= 0.6 is 0 Å².